The molecule has 0 saturated heterocycles. The van der Waals surface area contributed by atoms with Crippen LogP contribution in [-0.2, 0) is 6.54 Å². The van der Waals surface area contributed by atoms with Crippen molar-refractivity contribution in [1.82, 2.24) is 14.5 Å². The molecular weight excluding hydrogens is 356 g/mol. The molecule has 1 aromatic carbocycles. The van der Waals surface area contributed by atoms with Crippen LogP contribution < -0.4 is 11.3 Å². The highest BCUT2D eigenvalue weighted by Crippen LogP contribution is 2.29. The summed E-state index contributed by atoms with van der Waals surface area (Å²) in [6.07, 6.45) is 4.56. The number of nitrogens with zero attached hydrogens (tertiary/aromatic N) is 3. The van der Waals surface area contributed by atoms with Crippen LogP contribution in [0.5, 0.6) is 5.75 Å². The zero-order valence-electron chi connectivity index (χ0n) is 14.7. The summed E-state index contributed by atoms with van der Waals surface area (Å²) < 4.78 is 1.52. The molecule has 28 heavy (non-hydrogen) atoms. The predicted octanol–water partition coefficient (Wildman–Crippen LogP) is 2.31. The van der Waals surface area contributed by atoms with E-state index in [1.54, 1.807) is 30.6 Å². The van der Waals surface area contributed by atoms with Gasteiger partial charge in [0.25, 0.3) is 11.5 Å². The van der Waals surface area contributed by atoms with E-state index < -0.39 is 5.91 Å². The van der Waals surface area contributed by atoms with Gasteiger partial charge in [0, 0.05) is 28.9 Å². The zero-order valence-corrected chi connectivity index (χ0v) is 14.7. The second kappa shape index (κ2) is 6.96. The second-order valence-electron chi connectivity index (χ2n) is 6.30. The van der Waals surface area contributed by atoms with E-state index in [-0.39, 0.29) is 23.5 Å². The Bertz CT molecular complexity index is 1240. The van der Waals surface area contributed by atoms with Crippen LogP contribution in [0.25, 0.3) is 22.0 Å². The molecule has 1 amide bonds. The number of rotatable bonds is 4. The molecule has 0 fully saturated rings. The van der Waals surface area contributed by atoms with E-state index in [2.05, 4.69) is 9.97 Å². The maximum atomic E-state index is 13.3. The molecule has 3 N–H and O–H groups in total. The quantitative estimate of drug-likeness (QED) is 0.571. The van der Waals surface area contributed by atoms with Crippen LogP contribution in [0.4, 0.5) is 0 Å². The van der Waals surface area contributed by atoms with Gasteiger partial charge in [-0.15, -0.1) is 0 Å². The summed E-state index contributed by atoms with van der Waals surface area (Å²) in [5.74, 6) is -1.19. The molecule has 138 valence electrons. The van der Waals surface area contributed by atoms with Crippen LogP contribution in [0.2, 0.25) is 0 Å². The van der Waals surface area contributed by atoms with Gasteiger partial charge in [0.1, 0.15) is 0 Å². The van der Waals surface area contributed by atoms with Gasteiger partial charge in [-0.05, 0) is 17.7 Å². The minimum Gasteiger partial charge on any atom is -0.505 e. The predicted molar refractivity (Wildman–Crippen MR) is 105 cm³/mol. The van der Waals surface area contributed by atoms with Gasteiger partial charge in [0.05, 0.1) is 18.3 Å². The first-order chi connectivity index (χ1) is 13.6. The number of aromatic nitrogens is 3. The topological polar surface area (TPSA) is 111 Å². The summed E-state index contributed by atoms with van der Waals surface area (Å²) in [5.41, 5.74) is 7.09. The summed E-state index contributed by atoms with van der Waals surface area (Å²) in [6.45, 7) is 0.279. The molecule has 4 rings (SSSR count). The van der Waals surface area contributed by atoms with Crippen molar-refractivity contribution in [2.24, 2.45) is 5.73 Å². The van der Waals surface area contributed by atoms with E-state index in [0.29, 0.717) is 22.0 Å². The summed E-state index contributed by atoms with van der Waals surface area (Å²) >= 11 is 0. The van der Waals surface area contributed by atoms with Crippen molar-refractivity contribution in [3.05, 3.63) is 88.7 Å². The van der Waals surface area contributed by atoms with Gasteiger partial charge in [-0.2, -0.15) is 0 Å². The summed E-state index contributed by atoms with van der Waals surface area (Å²) in [6, 6.07) is 14.5. The average Bonchev–Trinajstić information content (AvgIpc) is 2.71. The Morgan fingerprint density at radius 3 is 2.57 bits per heavy atom. The van der Waals surface area contributed by atoms with Crippen molar-refractivity contribution in [1.29, 1.82) is 0 Å². The van der Waals surface area contributed by atoms with E-state index in [0.717, 1.165) is 5.56 Å². The molecule has 7 nitrogen and oxygen atoms in total. The molecule has 0 aliphatic heterocycles. The highest BCUT2D eigenvalue weighted by atomic mass is 16.3. The number of primary amides is 1. The van der Waals surface area contributed by atoms with Crippen molar-refractivity contribution in [2.75, 3.05) is 0 Å². The maximum Gasteiger partial charge on any atom is 0.271 e. The highest BCUT2D eigenvalue weighted by molar-refractivity contribution is 6.00. The van der Waals surface area contributed by atoms with E-state index >= 15 is 0 Å². The molecule has 0 saturated carbocycles. The van der Waals surface area contributed by atoms with Crippen LogP contribution in [0.15, 0.2) is 71.9 Å². The summed E-state index contributed by atoms with van der Waals surface area (Å²) in [7, 11) is 0. The zero-order chi connectivity index (χ0) is 19.7. The van der Waals surface area contributed by atoms with Crippen molar-refractivity contribution < 1.29 is 9.90 Å². The van der Waals surface area contributed by atoms with Gasteiger partial charge in [-0.1, -0.05) is 36.4 Å². The van der Waals surface area contributed by atoms with Crippen LogP contribution in [-0.4, -0.2) is 25.5 Å². The number of hydrogen-bond donors (Lipinski definition) is 2. The summed E-state index contributed by atoms with van der Waals surface area (Å²) in [5, 5.41) is 10.9. The van der Waals surface area contributed by atoms with Crippen LogP contribution >= 0.6 is 0 Å². The molecule has 0 bridgehead atoms. The second-order valence-corrected chi connectivity index (χ2v) is 6.30. The van der Waals surface area contributed by atoms with Crippen molar-refractivity contribution in [3.8, 4) is 16.9 Å². The van der Waals surface area contributed by atoms with Crippen LogP contribution in [0.1, 0.15) is 16.1 Å². The molecule has 0 aliphatic carbocycles. The lowest BCUT2D eigenvalue weighted by atomic mass is 10.1. The molecule has 0 spiro atoms. The van der Waals surface area contributed by atoms with E-state index in [9.17, 15) is 14.7 Å². The largest absolute Gasteiger partial charge is 0.505 e. The lowest BCUT2D eigenvalue weighted by Gasteiger charge is -2.14. The van der Waals surface area contributed by atoms with E-state index in [1.165, 1.54) is 10.8 Å². The Balaban J connectivity index is 2.05. The molecular formula is C21H16N4O3. The molecule has 0 atom stereocenters. The molecule has 0 aliphatic rings. The summed E-state index contributed by atoms with van der Waals surface area (Å²) in [4.78, 5) is 32.9. The maximum absolute atomic E-state index is 13.3. The molecule has 3 aromatic heterocycles. The minimum atomic E-state index is -0.844. The average molecular weight is 372 g/mol. The smallest absolute Gasteiger partial charge is 0.271 e. The number of carbonyl (C=O) groups excluding carboxylic acids is 1. The molecule has 0 radical (unpaired) electrons. The van der Waals surface area contributed by atoms with Crippen LogP contribution in [0.3, 0.4) is 0 Å². The Morgan fingerprint density at radius 1 is 1.11 bits per heavy atom. The van der Waals surface area contributed by atoms with Gasteiger partial charge in [-0.25, -0.2) is 4.98 Å². The number of fused-ring (bicyclic) bond motifs is 1. The minimum absolute atomic E-state index is 0.241. The van der Waals surface area contributed by atoms with Gasteiger partial charge in [0.2, 0.25) is 0 Å². The SMILES string of the molecule is NC(=O)c1ncc2c(cc(-c3cccnc3)c(=O)n2Cc2ccccc2)c1O. The monoisotopic (exact) mass is 372 g/mol. The molecule has 7 heteroatoms. The van der Waals surface area contributed by atoms with E-state index in [4.69, 9.17) is 5.73 Å². The first-order valence-electron chi connectivity index (χ1n) is 8.56. The third kappa shape index (κ3) is 2.99. The van der Waals surface area contributed by atoms with Crippen molar-refractivity contribution >= 4 is 16.8 Å². The fourth-order valence-corrected chi connectivity index (χ4v) is 3.16. The molecule has 0 unspecified atom stereocenters. The van der Waals surface area contributed by atoms with Gasteiger partial charge in [0.15, 0.2) is 11.4 Å². The Kier molecular flexibility index (Phi) is 4.33. The van der Waals surface area contributed by atoms with Crippen LogP contribution in [0, 0.1) is 0 Å². The number of benzene rings is 1. The number of aromatic hydroxyl groups is 1. The third-order valence-corrected chi connectivity index (χ3v) is 4.52. The fraction of sp³-hybridized carbons (Fsp3) is 0.0476. The van der Waals surface area contributed by atoms with Crippen molar-refractivity contribution in [2.45, 2.75) is 6.54 Å². The molecule has 4 aromatic rings. The van der Waals surface area contributed by atoms with Gasteiger partial charge < -0.3 is 15.4 Å². The number of nitrogens with two attached hydrogens (primary N) is 1. The normalized spacial score (nSPS) is 10.9. The first-order valence-corrected chi connectivity index (χ1v) is 8.56. The third-order valence-electron chi connectivity index (χ3n) is 4.52. The number of pyridine rings is 3. The standard InChI is InChI=1S/C21H16N4O3/c22-20(27)18-19(26)16-9-15(14-7-4-8-23-10-14)21(28)25(17(16)11-24-18)12-13-5-2-1-3-6-13/h1-11,26H,12H2,(H2,22,27). The Hall–Kier alpha value is -4.00. The Morgan fingerprint density at radius 2 is 1.89 bits per heavy atom. The number of carbonyl (C=O) groups is 1. The highest BCUT2D eigenvalue weighted by Gasteiger charge is 2.18. The number of amides is 1. The van der Waals surface area contributed by atoms with Gasteiger partial charge >= 0.3 is 0 Å². The lowest BCUT2D eigenvalue weighted by molar-refractivity contribution is 0.0993. The fourth-order valence-electron chi connectivity index (χ4n) is 3.16. The lowest BCUT2D eigenvalue weighted by Crippen LogP contribution is -2.23. The van der Waals surface area contributed by atoms with Gasteiger partial charge in [-0.3, -0.25) is 14.6 Å². The van der Waals surface area contributed by atoms with E-state index in [1.807, 2.05) is 30.3 Å². The molecule has 3 heterocycles. The number of hydrogen-bond acceptors (Lipinski definition) is 5. The van der Waals surface area contributed by atoms with Crippen molar-refractivity contribution in [3.63, 3.8) is 0 Å². The Labute approximate surface area is 159 Å². The first kappa shape index (κ1) is 17.4.